The summed E-state index contributed by atoms with van der Waals surface area (Å²) in [7, 11) is 0. The maximum atomic E-state index is 12.5. The number of aliphatic hydroxyl groups excluding tert-OH is 1. The molecule has 0 aliphatic carbocycles. The quantitative estimate of drug-likeness (QED) is 0.619. The number of carbonyl (C=O) groups is 1. The predicted molar refractivity (Wildman–Crippen MR) is 95.2 cm³/mol. The van der Waals surface area contributed by atoms with Crippen molar-refractivity contribution in [3.8, 4) is 0 Å². The lowest BCUT2D eigenvalue weighted by atomic mass is 10.1. The molecule has 0 bridgehead atoms. The van der Waals surface area contributed by atoms with Crippen LogP contribution in [0.1, 0.15) is 29.7 Å². The van der Waals surface area contributed by atoms with Crippen molar-refractivity contribution in [2.75, 3.05) is 13.1 Å². The van der Waals surface area contributed by atoms with Gasteiger partial charge in [-0.15, -0.1) is 0 Å². The number of carbonyl (C=O) groups excluding carboxylic acids is 1. The second kappa shape index (κ2) is 8.39. The molecule has 1 amide bonds. The molecule has 1 N–H and O–H groups in total. The first-order valence-corrected chi connectivity index (χ1v) is 8.16. The average Bonchev–Trinajstić information content (AvgIpc) is 2.60. The molecule has 132 valence electrons. The number of nitrogens with zero attached hydrogens (tertiary/aromatic N) is 2. The molecule has 2 rings (SSSR count). The zero-order valence-corrected chi connectivity index (χ0v) is 14.4. The van der Waals surface area contributed by atoms with Gasteiger partial charge in [0, 0.05) is 18.7 Å². The van der Waals surface area contributed by atoms with E-state index in [1.165, 1.54) is 12.1 Å². The first-order chi connectivity index (χ1) is 11.9. The van der Waals surface area contributed by atoms with E-state index in [4.69, 9.17) is 0 Å². The number of amides is 1. The summed E-state index contributed by atoms with van der Waals surface area (Å²) in [6, 6.07) is 13.6. The van der Waals surface area contributed by atoms with E-state index in [9.17, 15) is 20.0 Å². The molecule has 1 atom stereocenters. The molecule has 0 aliphatic rings. The van der Waals surface area contributed by atoms with Gasteiger partial charge < -0.3 is 10.0 Å². The van der Waals surface area contributed by atoms with Gasteiger partial charge in [-0.3, -0.25) is 14.9 Å². The van der Waals surface area contributed by atoms with E-state index in [1.807, 2.05) is 38.1 Å². The lowest BCUT2D eigenvalue weighted by Gasteiger charge is -2.24. The third-order valence-corrected chi connectivity index (χ3v) is 4.07. The van der Waals surface area contributed by atoms with Crippen LogP contribution in [0.25, 0.3) is 0 Å². The van der Waals surface area contributed by atoms with Gasteiger partial charge in [0.15, 0.2) is 0 Å². The van der Waals surface area contributed by atoms with E-state index in [1.54, 1.807) is 17.0 Å². The molecular formula is C19H22N2O4. The fourth-order valence-electron chi connectivity index (χ4n) is 2.58. The highest BCUT2D eigenvalue weighted by molar-refractivity contribution is 5.79. The van der Waals surface area contributed by atoms with Crippen molar-refractivity contribution >= 4 is 11.6 Å². The van der Waals surface area contributed by atoms with Crippen molar-refractivity contribution in [1.29, 1.82) is 0 Å². The van der Waals surface area contributed by atoms with Gasteiger partial charge in [-0.05, 0) is 25.0 Å². The van der Waals surface area contributed by atoms with Crippen LogP contribution in [0.5, 0.6) is 0 Å². The van der Waals surface area contributed by atoms with Gasteiger partial charge in [0.2, 0.25) is 5.91 Å². The molecule has 2 aromatic rings. The number of aryl methyl sites for hydroxylation is 1. The minimum atomic E-state index is -0.769. The van der Waals surface area contributed by atoms with Crippen LogP contribution < -0.4 is 0 Å². The Kier molecular flexibility index (Phi) is 6.25. The molecule has 6 nitrogen and oxygen atoms in total. The molecule has 0 aromatic heterocycles. The van der Waals surface area contributed by atoms with Crippen LogP contribution in [-0.4, -0.2) is 33.9 Å². The highest BCUT2D eigenvalue weighted by atomic mass is 16.6. The van der Waals surface area contributed by atoms with Crippen LogP contribution in [0.4, 0.5) is 5.69 Å². The normalized spacial score (nSPS) is 11.8. The molecule has 6 heteroatoms. The number of non-ortho nitro benzene ring substituents is 1. The standard InChI is InChI=1S/C19H22N2O4/c1-3-20(13-18(22)16-9-7-14(2)8-10-16)19(23)12-15-5-4-6-17(11-15)21(24)25/h4-11,18,22H,3,12-13H2,1-2H3. The van der Waals surface area contributed by atoms with E-state index < -0.39 is 11.0 Å². The summed E-state index contributed by atoms with van der Waals surface area (Å²) >= 11 is 0. The monoisotopic (exact) mass is 342 g/mol. The molecule has 0 saturated heterocycles. The second-order valence-electron chi connectivity index (χ2n) is 5.96. The van der Waals surface area contributed by atoms with Crippen LogP contribution in [0.2, 0.25) is 0 Å². The van der Waals surface area contributed by atoms with E-state index in [2.05, 4.69) is 0 Å². The molecule has 0 spiro atoms. The summed E-state index contributed by atoms with van der Waals surface area (Å²) in [5, 5.41) is 21.2. The van der Waals surface area contributed by atoms with Crippen LogP contribution >= 0.6 is 0 Å². The Hall–Kier alpha value is -2.73. The van der Waals surface area contributed by atoms with Gasteiger partial charge in [0.05, 0.1) is 24.0 Å². The Bertz CT molecular complexity index is 743. The number of likely N-dealkylation sites (N-methyl/N-ethyl adjacent to an activating group) is 1. The minimum absolute atomic E-state index is 0.0342. The Morgan fingerprint density at radius 3 is 2.52 bits per heavy atom. The Morgan fingerprint density at radius 2 is 1.92 bits per heavy atom. The van der Waals surface area contributed by atoms with Gasteiger partial charge in [0.25, 0.3) is 5.69 Å². The van der Waals surface area contributed by atoms with E-state index >= 15 is 0 Å². The molecule has 0 fully saturated rings. The molecule has 0 heterocycles. The summed E-state index contributed by atoms with van der Waals surface area (Å²) in [5.41, 5.74) is 2.41. The molecule has 0 radical (unpaired) electrons. The van der Waals surface area contributed by atoms with Gasteiger partial charge in [0.1, 0.15) is 0 Å². The van der Waals surface area contributed by atoms with Crippen LogP contribution in [0.15, 0.2) is 48.5 Å². The van der Waals surface area contributed by atoms with Gasteiger partial charge in [-0.2, -0.15) is 0 Å². The number of hydrogen-bond acceptors (Lipinski definition) is 4. The Balaban J connectivity index is 2.04. The smallest absolute Gasteiger partial charge is 0.269 e. The third-order valence-electron chi connectivity index (χ3n) is 4.07. The summed E-state index contributed by atoms with van der Waals surface area (Å²) in [4.78, 5) is 24.4. The lowest BCUT2D eigenvalue weighted by molar-refractivity contribution is -0.384. The fourth-order valence-corrected chi connectivity index (χ4v) is 2.58. The lowest BCUT2D eigenvalue weighted by Crippen LogP contribution is -2.35. The summed E-state index contributed by atoms with van der Waals surface area (Å²) < 4.78 is 0. The van der Waals surface area contributed by atoms with Crippen molar-refractivity contribution in [3.63, 3.8) is 0 Å². The zero-order valence-electron chi connectivity index (χ0n) is 14.4. The maximum absolute atomic E-state index is 12.5. The van der Waals surface area contributed by atoms with E-state index in [0.29, 0.717) is 12.1 Å². The molecular weight excluding hydrogens is 320 g/mol. The number of nitro groups is 1. The number of benzene rings is 2. The highest BCUT2D eigenvalue weighted by Crippen LogP contribution is 2.17. The Morgan fingerprint density at radius 1 is 1.24 bits per heavy atom. The molecule has 1 unspecified atom stereocenters. The highest BCUT2D eigenvalue weighted by Gasteiger charge is 2.18. The minimum Gasteiger partial charge on any atom is -0.387 e. The number of nitro benzene ring substituents is 1. The topological polar surface area (TPSA) is 83.7 Å². The van der Waals surface area contributed by atoms with Crippen LogP contribution in [-0.2, 0) is 11.2 Å². The zero-order chi connectivity index (χ0) is 18.4. The predicted octanol–water partition coefficient (Wildman–Crippen LogP) is 3.03. The number of aliphatic hydroxyl groups is 1. The molecule has 2 aromatic carbocycles. The summed E-state index contributed by atoms with van der Waals surface area (Å²) in [6.07, 6.45) is -0.703. The molecule has 25 heavy (non-hydrogen) atoms. The Labute approximate surface area is 146 Å². The first-order valence-electron chi connectivity index (χ1n) is 8.16. The summed E-state index contributed by atoms with van der Waals surface area (Å²) in [5.74, 6) is -0.172. The van der Waals surface area contributed by atoms with Crippen molar-refractivity contribution < 1.29 is 14.8 Å². The van der Waals surface area contributed by atoms with Crippen LogP contribution in [0.3, 0.4) is 0 Å². The van der Waals surface area contributed by atoms with Crippen molar-refractivity contribution in [2.45, 2.75) is 26.4 Å². The van der Waals surface area contributed by atoms with Gasteiger partial charge >= 0.3 is 0 Å². The van der Waals surface area contributed by atoms with Crippen molar-refractivity contribution in [2.24, 2.45) is 0 Å². The van der Waals surface area contributed by atoms with E-state index in [0.717, 1.165) is 11.1 Å². The second-order valence-corrected chi connectivity index (χ2v) is 5.96. The first kappa shape index (κ1) is 18.6. The van der Waals surface area contributed by atoms with Gasteiger partial charge in [-0.1, -0.05) is 42.0 Å². The van der Waals surface area contributed by atoms with Crippen molar-refractivity contribution in [3.05, 3.63) is 75.3 Å². The SMILES string of the molecule is CCN(CC(O)c1ccc(C)cc1)C(=O)Cc1cccc([N+](=O)[O-])c1. The average molecular weight is 342 g/mol. The number of rotatable bonds is 7. The molecule has 0 aliphatic heterocycles. The fraction of sp³-hybridized carbons (Fsp3) is 0.316. The molecule has 0 saturated carbocycles. The van der Waals surface area contributed by atoms with Gasteiger partial charge in [-0.25, -0.2) is 0 Å². The summed E-state index contributed by atoms with van der Waals surface area (Å²) in [6.45, 7) is 4.45. The third kappa shape index (κ3) is 5.12. The maximum Gasteiger partial charge on any atom is 0.269 e. The van der Waals surface area contributed by atoms with E-state index in [-0.39, 0.29) is 24.6 Å². The van der Waals surface area contributed by atoms with Crippen LogP contribution in [0, 0.1) is 17.0 Å². The van der Waals surface area contributed by atoms with Crippen molar-refractivity contribution in [1.82, 2.24) is 4.90 Å². The largest absolute Gasteiger partial charge is 0.387 e. The number of hydrogen-bond donors (Lipinski definition) is 1.